The lowest BCUT2D eigenvalue weighted by Gasteiger charge is -2.06. The molecule has 0 radical (unpaired) electrons. The number of hydrogen-bond donors (Lipinski definition) is 2. The fourth-order valence-corrected chi connectivity index (χ4v) is 1.90. The first-order valence-electron chi connectivity index (χ1n) is 4.04. The summed E-state index contributed by atoms with van der Waals surface area (Å²) in [4.78, 5) is 8.56. The molecule has 0 bridgehead atoms. The Morgan fingerprint density at radius 2 is 1.75 bits per heavy atom. The number of carboxylic acid groups (broad SMARTS) is 2. The normalized spacial score (nSPS) is 23.8. The van der Waals surface area contributed by atoms with Gasteiger partial charge < -0.3 is 10.2 Å². The van der Waals surface area contributed by atoms with Crippen LogP contribution in [0.2, 0.25) is 0 Å². The third kappa shape index (κ3) is 3.30. The van der Waals surface area contributed by atoms with E-state index in [2.05, 4.69) is 13.8 Å². The highest BCUT2D eigenvalue weighted by molar-refractivity contribution is 6.23. The van der Waals surface area contributed by atoms with Crippen LogP contribution >= 0.6 is 11.6 Å². The van der Waals surface area contributed by atoms with Crippen molar-refractivity contribution in [3.8, 4) is 0 Å². The zero-order chi connectivity index (χ0) is 9.78. The Morgan fingerprint density at radius 1 is 1.50 bits per heavy atom. The molecule has 1 aliphatic carbocycles. The highest BCUT2D eigenvalue weighted by Gasteiger charge is 2.49. The fraction of sp³-hybridized carbons (Fsp3) is 0.875. The number of alkyl halides is 1. The van der Waals surface area contributed by atoms with Crippen LogP contribution in [0.3, 0.4) is 0 Å². The van der Waals surface area contributed by atoms with Crippen molar-refractivity contribution >= 4 is 17.8 Å². The maximum absolute atomic E-state index is 8.56. The highest BCUT2D eigenvalue weighted by Crippen LogP contribution is 2.55. The quantitative estimate of drug-likeness (QED) is 0.665. The molecule has 1 aliphatic rings. The summed E-state index contributed by atoms with van der Waals surface area (Å²) in [6, 6.07) is 0. The van der Waals surface area contributed by atoms with Gasteiger partial charge in [-0.05, 0) is 24.7 Å². The van der Waals surface area contributed by atoms with Crippen molar-refractivity contribution in [1.82, 2.24) is 0 Å². The molecule has 0 saturated heterocycles. The van der Waals surface area contributed by atoms with E-state index < -0.39 is 6.16 Å². The van der Waals surface area contributed by atoms with Gasteiger partial charge in [-0.3, -0.25) is 0 Å². The van der Waals surface area contributed by atoms with Crippen LogP contribution in [0.15, 0.2) is 0 Å². The predicted octanol–water partition coefficient (Wildman–Crippen LogP) is 3.03. The summed E-state index contributed by atoms with van der Waals surface area (Å²) in [7, 11) is 0. The second-order valence-corrected chi connectivity index (χ2v) is 3.55. The van der Waals surface area contributed by atoms with Crippen LogP contribution in [-0.2, 0) is 0 Å². The smallest absolute Gasteiger partial charge is 0.450 e. The first-order valence-corrected chi connectivity index (χ1v) is 4.48. The molecule has 3 nitrogen and oxygen atoms in total. The van der Waals surface area contributed by atoms with E-state index in [1.54, 1.807) is 0 Å². The lowest BCUT2D eigenvalue weighted by atomic mass is 10.0. The highest BCUT2D eigenvalue weighted by atomic mass is 35.5. The van der Waals surface area contributed by atoms with E-state index in [1.807, 2.05) is 0 Å². The summed E-state index contributed by atoms with van der Waals surface area (Å²) >= 11 is 5.91. The van der Waals surface area contributed by atoms with Crippen LogP contribution < -0.4 is 0 Å². The molecule has 0 aromatic heterocycles. The molecule has 2 N–H and O–H groups in total. The lowest BCUT2D eigenvalue weighted by molar-refractivity contribution is 0.137. The second-order valence-electron chi connectivity index (χ2n) is 3.02. The minimum absolute atomic E-state index is 0.498. The predicted molar refractivity (Wildman–Crippen MR) is 47.9 cm³/mol. The number of hydrogen-bond acceptors (Lipinski definition) is 1. The van der Waals surface area contributed by atoms with E-state index >= 15 is 0 Å². The average Bonchev–Trinajstić information content (AvgIpc) is 2.61. The molecular formula is C8H15ClO3. The Labute approximate surface area is 77.3 Å². The first kappa shape index (κ1) is 11.6. The molecule has 4 heteroatoms. The van der Waals surface area contributed by atoms with Crippen molar-refractivity contribution < 1.29 is 15.0 Å². The van der Waals surface area contributed by atoms with E-state index in [-0.39, 0.29) is 0 Å². The van der Waals surface area contributed by atoms with E-state index in [9.17, 15) is 0 Å². The first-order chi connectivity index (χ1) is 5.48. The third-order valence-corrected chi connectivity index (χ3v) is 3.12. The van der Waals surface area contributed by atoms with Gasteiger partial charge in [-0.15, -0.1) is 11.6 Å². The van der Waals surface area contributed by atoms with Crippen LogP contribution in [-0.4, -0.2) is 21.7 Å². The molecule has 0 aromatic carbocycles. The van der Waals surface area contributed by atoms with Gasteiger partial charge in [-0.1, -0.05) is 13.8 Å². The summed E-state index contributed by atoms with van der Waals surface area (Å²) in [6.45, 7) is 4.46. The van der Waals surface area contributed by atoms with Gasteiger partial charge in [0.2, 0.25) is 0 Å². The van der Waals surface area contributed by atoms with Crippen molar-refractivity contribution in [3.63, 3.8) is 0 Å². The SMILES string of the molecule is CCC1(CC)CC1Cl.O=C(O)O. The molecule has 1 saturated carbocycles. The summed E-state index contributed by atoms with van der Waals surface area (Å²) in [6.07, 6.45) is 1.94. The minimum atomic E-state index is -1.83. The molecule has 0 amide bonds. The topological polar surface area (TPSA) is 57.5 Å². The molecule has 0 aliphatic heterocycles. The molecule has 12 heavy (non-hydrogen) atoms. The van der Waals surface area contributed by atoms with Crippen molar-refractivity contribution in [2.75, 3.05) is 0 Å². The van der Waals surface area contributed by atoms with Gasteiger partial charge in [0.15, 0.2) is 0 Å². The lowest BCUT2D eigenvalue weighted by Crippen LogP contribution is -1.98. The zero-order valence-corrected chi connectivity index (χ0v) is 8.14. The number of rotatable bonds is 2. The number of halogens is 1. The third-order valence-electron chi connectivity index (χ3n) is 2.50. The Balaban J connectivity index is 0.000000261. The van der Waals surface area contributed by atoms with E-state index in [4.69, 9.17) is 26.6 Å². The standard InChI is InChI=1S/C7H13Cl.CH2O3/c1-3-7(4-2)5-6(7)8;2-1(3)4/h6H,3-5H2,1-2H3;(H2,2,3,4). The van der Waals surface area contributed by atoms with Crippen LogP contribution in [0.4, 0.5) is 4.79 Å². The Hall–Kier alpha value is -0.440. The average molecular weight is 195 g/mol. The fourth-order valence-electron chi connectivity index (χ4n) is 1.28. The number of carbonyl (C=O) groups is 1. The van der Waals surface area contributed by atoms with Crippen LogP contribution in [0.5, 0.6) is 0 Å². The van der Waals surface area contributed by atoms with Crippen LogP contribution in [0.25, 0.3) is 0 Å². The van der Waals surface area contributed by atoms with Gasteiger partial charge in [0, 0.05) is 5.38 Å². The molecular weight excluding hydrogens is 180 g/mol. The van der Waals surface area contributed by atoms with E-state index in [1.165, 1.54) is 19.3 Å². The molecule has 1 fully saturated rings. The van der Waals surface area contributed by atoms with E-state index in [0.717, 1.165) is 0 Å². The molecule has 0 aromatic rings. The minimum Gasteiger partial charge on any atom is -0.450 e. The molecule has 1 atom stereocenters. The maximum atomic E-state index is 8.56. The van der Waals surface area contributed by atoms with Crippen molar-refractivity contribution in [3.05, 3.63) is 0 Å². The monoisotopic (exact) mass is 194 g/mol. The molecule has 0 heterocycles. The summed E-state index contributed by atoms with van der Waals surface area (Å²) < 4.78 is 0. The molecule has 0 spiro atoms. The van der Waals surface area contributed by atoms with Gasteiger partial charge in [-0.25, -0.2) is 4.79 Å². The van der Waals surface area contributed by atoms with Gasteiger partial charge >= 0.3 is 6.16 Å². The Bertz CT molecular complexity index is 145. The Kier molecular flexibility index (Phi) is 4.39. The van der Waals surface area contributed by atoms with E-state index in [0.29, 0.717) is 10.8 Å². The van der Waals surface area contributed by atoms with Gasteiger partial charge in [0.1, 0.15) is 0 Å². The van der Waals surface area contributed by atoms with Crippen LogP contribution in [0.1, 0.15) is 33.1 Å². The largest absolute Gasteiger partial charge is 0.503 e. The summed E-state index contributed by atoms with van der Waals surface area (Å²) in [5.41, 5.74) is 0.557. The maximum Gasteiger partial charge on any atom is 0.503 e. The van der Waals surface area contributed by atoms with Gasteiger partial charge in [-0.2, -0.15) is 0 Å². The van der Waals surface area contributed by atoms with Gasteiger partial charge in [0.05, 0.1) is 0 Å². The molecule has 72 valence electrons. The second kappa shape index (κ2) is 4.55. The zero-order valence-electron chi connectivity index (χ0n) is 7.38. The Morgan fingerprint density at radius 3 is 1.75 bits per heavy atom. The summed E-state index contributed by atoms with van der Waals surface area (Å²) in [5, 5.41) is 14.4. The molecule has 1 rings (SSSR count). The van der Waals surface area contributed by atoms with Crippen LogP contribution in [0, 0.1) is 5.41 Å². The van der Waals surface area contributed by atoms with Crippen molar-refractivity contribution in [2.24, 2.45) is 5.41 Å². The summed E-state index contributed by atoms with van der Waals surface area (Å²) in [5.74, 6) is 0. The van der Waals surface area contributed by atoms with Crippen molar-refractivity contribution in [2.45, 2.75) is 38.5 Å². The van der Waals surface area contributed by atoms with Gasteiger partial charge in [0.25, 0.3) is 0 Å². The molecule has 1 unspecified atom stereocenters. The van der Waals surface area contributed by atoms with Crippen molar-refractivity contribution in [1.29, 1.82) is 0 Å².